The molecule has 1 aromatic carbocycles. The zero-order chi connectivity index (χ0) is 12.3. The van der Waals surface area contributed by atoms with E-state index in [4.69, 9.17) is 10.2 Å². The molecule has 86 valence electrons. The monoisotopic (exact) mass is 368 g/mol. The Balaban J connectivity index is 3.14. The van der Waals surface area contributed by atoms with E-state index in [9.17, 15) is 9.59 Å². The molecule has 1 rings (SSSR count). The molecule has 4 nitrogen and oxygen atoms in total. The molecule has 16 heavy (non-hydrogen) atoms. The zero-order valence-electron chi connectivity index (χ0n) is 7.74. The largest absolute Gasteiger partial charge is 0.481 e. The molecule has 0 aliphatic heterocycles. The second kappa shape index (κ2) is 5.70. The lowest BCUT2D eigenvalue weighted by Gasteiger charge is -2.07. The van der Waals surface area contributed by atoms with Gasteiger partial charge in [-0.25, -0.2) is 4.79 Å². The lowest BCUT2D eigenvalue weighted by atomic mass is 10.2. The van der Waals surface area contributed by atoms with E-state index in [1.165, 1.54) is 6.07 Å². The van der Waals surface area contributed by atoms with Gasteiger partial charge in [0.1, 0.15) is 0 Å². The van der Waals surface area contributed by atoms with E-state index in [-0.39, 0.29) is 11.3 Å². The predicted molar refractivity (Wildman–Crippen MR) is 67.2 cm³/mol. The summed E-state index contributed by atoms with van der Waals surface area (Å²) in [6, 6.07) is 3.12. The van der Waals surface area contributed by atoms with E-state index in [1.807, 2.05) is 0 Å². The highest BCUT2D eigenvalue weighted by atomic mass is 79.9. The molecule has 0 atom stereocenters. The Kier molecular flexibility index (Phi) is 4.82. The van der Waals surface area contributed by atoms with Gasteiger partial charge in [0.05, 0.1) is 11.3 Å². The minimum atomic E-state index is -1.09. The van der Waals surface area contributed by atoms with E-state index >= 15 is 0 Å². The van der Waals surface area contributed by atoms with Crippen molar-refractivity contribution in [2.75, 3.05) is 5.75 Å². The fraction of sp³-hybridized carbons (Fsp3) is 0.111. The van der Waals surface area contributed by atoms with Gasteiger partial charge >= 0.3 is 11.9 Å². The number of carboxylic acids is 2. The Labute approximate surface area is 112 Å². The van der Waals surface area contributed by atoms with E-state index in [2.05, 4.69) is 31.9 Å². The molecule has 0 unspecified atom stereocenters. The van der Waals surface area contributed by atoms with Crippen molar-refractivity contribution >= 4 is 55.6 Å². The number of rotatable bonds is 4. The molecule has 0 amide bonds. The van der Waals surface area contributed by atoms with Gasteiger partial charge in [0, 0.05) is 13.8 Å². The Morgan fingerprint density at radius 2 is 1.88 bits per heavy atom. The number of thioether (sulfide) groups is 1. The Hall–Kier alpha value is -0.530. The van der Waals surface area contributed by atoms with Crippen molar-refractivity contribution in [2.45, 2.75) is 4.90 Å². The Morgan fingerprint density at radius 3 is 2.38 bits per heavy atom. The number of hydrogen-bond donors (Lipinski definition) is 2. The van der Waals surface area contributed by atoms with Crippen LogP contribution in [-0.4, -0.2) is 27.9 Å². The Bertz CT molecular complexity index is 447. The molecule has 0 saturated carbocycles. The van der Waals surface area contributed by atoms with Crippen LogP contribution in [0.4, 0.5) is 0 Å². The number of benzene rings is 1. The van der Waals surface area contributed by atoms with Gasteiger partial charge in [0.15, 0.2) is 0 Å². The number of hydrogen-bond acceptors (Lipinski definition) is 3. The Morgan fingerprint density at radius 1 is 1.25 bits per heavy atom. The van der Waals surface area contributed by atoms with Gasteiger partial charge in [0.2, 0.25) is 0 Å². The molecule has 0 heterocycles. The number of aliphatic carboxylic acids is 1. The van der Waals surface area contributed by atoms with Gasteiger partial charge in [-0.15, -0.1) is 11.8 Å². The first kappa shape index (κ1) is 13.5. The lowest BCUT2D eigenvalue weighted by Crippen LogP contribution is -2.03. The molecule has 0 radical (unpaired) electrons. The molecule has 0 aliphatic carbocycles. The first-order chi connectivity index (χ1) is 7.41. The van der Waals surface area contributed by atoms with E-state index in [0.717, 1.165) is 11.8 Å². The molecule has 7 heteroatoms. The summed E-state index contributed by atoms with van der Waals surface area (Å²) in [6.45, 7) is 0. The first-order valence-electron chi connectivity index (χ1n) is 3.98. The third kappa shape index (κ3) is 3.50. The van der Waals surface area contributed by atoms with Crippen LogP contribution in [0.3, 0.4) is 0 Å². The van der Waals surface area contributed by atoms with Crippen molar-refractivity contribution in [3.05, 3.63) is 26.6 Å². The summed E-state index contributed by atoms with van der Waals surface area (Å²) in [5.74, 6) is -2.26. The van der Waals surface area contributed by atoms with Crippen LogP contribution in [0.2, 0.25) is 0 Å². The summed E-state index contributed by atoms with van der Waals surface area (Å²) in [6.07, 6.45) is 0. The van der Waals surface area contributed by atoms with Gasteiger partial charge in [0.25, 0.3) is 0 Å². The number of carbonyl (C=O) groups is 2. The summed E-state index contributed by atoms with van der Waals surface area (Å²) >= 11 is 7.36. The van der Waals surface area contributed by atoms with Crippen molar-refractivity contribution in [3.8, 4) is 0 Å². The van der Waals surface area contributed by atoms with Crippen LogP contribution in [0.15, 0.2) is 26.0 Å². The predicted octanol–water partition coefficient (Wildman–Crippen LogP) is 3.09. The molecule has 0 fully saturated rings. The average Bonchev–Trinajstić information content (AvgIpc) is 2.14. The zero-order valence-corrected chi connectivity index (χ0v) is 11.7. The third-order valence-corrected chi connectivity index (χ3v) is 4.04. The highest BCUT2D eigenvalue weighted by molar-refractivity contribution is 9.11. The van der Waals surface area contributed by atoms with Gasteiger partial charge < -0.3 is 10.2 Å². The first-order valence-corrected chi connectivity index (χ1v) is 6.56. The van der Waals surface area contributed by atoms with Crippen LogP contribution in [-0.2, 0) is 4.79 Å². The molecule has 1 aromatic rings. The fourth-order valence-corrected chi connectivity index (χ4v) is 3.33. The summed E-state index contributed by atoms with van der Waals surface area (Å²) in [7, 11) is 0. The highest BCUT2D eigenvalue weighted by Gasteiger charge is 2.16. The lowest BCUT2D eigenvalue weighted by molar-refractivity contribution is -0.133. The van der Waals surface area contributed by atoms with Gasteiger partial charge in [-0.2, -0.15) is 0 Å². The molecule has 0 saturated heterocycles. The topological polar surface area (TPSA) is 74.6 Å². The molecule has 0 bridgehead atoms. The summed E-state index contributed by atoms with van der Waals surface area (Å²) < 4.78 is 1.18. The molecular weight excluding hydrogens is 364 g/mol. The standard InChI is InChI=1S/C9H6Br2O4S/c10-4-1-5(9(14)15)8(6(11)2-4)16-3-7(12)13/h1-2H,3H2,(H,12,13)(H,14,15). The van der Waals surface area contributed by atoms with Crippen molar-refractivity contribution in [1.82, 2.24) is 0 Å². The van der Waals surface area contributed by atoms with Crippen LogP contribution >= 0.6 is 43.6 Å². The van der Waals surface area contributed by atoms with Crippen LogP contribution in [0.1, 0.15) is 10.4 Å². The molecule has 0 spiro atoms. The minimum Gasteiger partial charge on any atom is -0.481 e. The maximum absolute atomic E-state index is 11.0. The number of carboxylic acid groups (broad SMARTS) is 2. The molecule has 2 N–H and O–H groups in total. The minimum absolute atomic E-state index is 0.0764. The van der Waals surface area contributed by atoms with Crippen LogP contribution in [0.25, 0.3) is 0 Å². The van der Waals surface area contributed by atoms with Crippen LogP contribution in [0.5, 0.6) is 0 Å². The van der Waals surface area contributed by atoms with Crippen molar-refractivity contribution in [1.29, 1.82) is 0 Å². The van der Waals surface area contributed by atoms with E-state index in [0.29, 0.717) is 13.8 Å². The summed E-state index contributed by atoms with van der Waals surface area (Å²) in [5, 5.41) is 17.5. The third-order valence-electron chi connectivity index (χ3n) is 1.58. The number of aromatic carboxylic acids is 1. The summed E-state index contributed by atoms with van der Waals surface area (Å²) in [5.41, 5.74) is 0.0764. The van der Waals surface area contributed by atoms with Crippen molar-refractivity contribution in [2.24, 2.45) is 0 Å². The van der Waals surface area contributed by atoms with Gasteiger partial charge in [-0.1, -0.05) is 15.9 Å². The maximum Gasteiger partial charge on any atom is 0.336 e. The maximum atomic E-state index is 11.0. The van der Waals surface area contributed by atoms with E-state index < -0.39 is 11.9 Å². The van der Waals surface area contributed by atoms with Crippen LogP contribution < -0.4 is 0 Å². The van der Waals surface area contributed by atoms with Gasteiger partial charge in [-0.3, -0.25) is 4.79 Å². The fourth-order valence-electron chi connectivity index (χ4n) is 1.000. The second-order valence-electron chi connectivity index (χ2n) is 2.75. The SMILES string of the molecule is O=C(O)CSc1c(Br)cc(Br)cc1C(=O)O. The second-order valence-corrected chi connectivity index (χ2v) is 5.51. The molecule has 0 aromatic heterocycles. The normalized spacial score (nSPS) is 10.1. The summed E-state index contributed by atoms with van der Waals surface area (Å²) in [4.78, 5) is 21.8. The highest BCUT2D eigenvalue weighted by Crippen LogP contribution is 2.34. The smallest absolute Gasteiger partial charge is 0.336 e. The van der Waals surface area contributed by atoms with Crippen molar-refractivity contribution < 1.29 is 19.8 Å². The average molecular weight is 370 g/mol. The quantitative estimate of drug-likeness (QED) is 0.797. The molecule has 0 aliphatic rings. The van der Waals surface area contributed by atoms with Crippen molar-refractivity contribution in [3.63, 3.8) is 0 Å². The van der Waals surface area contributed by atoms with Gasteiger partial charge in [-0.05, 0) is 28.1 Å². The van der Waals surface area contributed by atoms with E-state index in [1.54, 1.807) is 6.07 Å². The molecular formula is C9H6Br2O4S. The van der Waals surface area contributed by atoms with Crippen LogP contribution in [0, 0.1) is 0 Å². The number of halogens is 2.